The van der Waals surface area contributed by atoms with Gasteiger partial charge in [-0.05, 0) is 47.4 Å². The second kappa shape index (κ2) is 7.96. The summed E-state index contributed by atoms with van der Waals surface area (Å²) in [6.07, 6.45) is 1.92. The van der Waals surface area contributed by atoms with E-state index in [2.05, 4.69) is 4.72 Å². The molecule has 2 aromatic carbocycles. The van der Waals surface area contributed by atoms with E-state index < -0.39 is 17.0 Å². The highest BCUT2D eigenvalue weighted by atomic mass is 35.5. The number of fused-ring (bicyclic) bond motifs is 1. The number of halogens is 2. The van der Waals surface area contributed by atoms with Gasteiger partial charge < -0.3 is 15.4 Å². The number of hydrogen-bond donors (Lipinski definition) is 2. The van der Waals surface area contributed by atoms with Crippen LogP contribution in [0.2, 0.25) is 10.0 Å². The number of carbonyl (C=O) groups excluding carboxylic acids is 1. The highest BCUT2D eigenvalue weighted by Gasteiger charge is 2.27. The fourth-order valence-corrected chi connectivity index (χ4v) is 3.97. The van der Waals surface area contributed by atoms with Crippen molar-refractivity contribution in [2.45, 2.75) is 25.6 Å². The van der Waals surface area contributed by atoms with Gasteiger partial charge in [-0.25, -0.2) is 4.21 Å². The quantitative estimate of drug-likeness (QED) is 0.793. The third-order valence-electron chi connectivity index (χ3n) is 4.27. The van der Waals surface area contributed by atoms with Crippen molar-refractivity contribution >= 4 is 45.8 Å². The molecule has 0 aromatic heterocycles. The Hall–Kier alpha value is -1.60. The Morgan fingerprint density at radius 3 is 2.65 bits per heavy atom. The number of amides is 1. The number of nitrogens with two attached hydrogens (primary N) is 1. The van der Waals surface area contributed by atoms with Gasteiger partial charge in [-0.3, -0.25) is 4.79 Å². The lowest BCUT2D eigenvalue weighted by Gasteiger charge is -2.20. The molecule has 5 nitrogen and oxygen atoms in total. The summed E-state index contributed by atoms with van der Waals surface area (Å²) in [4.78, 5) is 14.5. The molecule has 3 rings (SSSR count). The lowest BCUT2D eigenvalue weighted by atomic mass is 10.1. The number of nitrogens with zero attached hydrogens (tertiary/aromatic N) is 1. The minimum absolute atomic E-state index is 0.124. The second-order valence-electron chi connectivity index (χ2n) is 6.28. The first-order valence-electron chi connectivity index (χ1n) is 8.03. The molecule has 8 heteroatoms. The molecule has 2 atom stereocenters. The smallest absolute Gasteiger partial charge is 0.240 e. The minimum atomic E-state index is -1.14. The summed E-state index contributed by atoms with van der Waals surface area (Å²) in [7, 11) is -1.14. The number of carbonyl (C=O) groups is 1. The second-order valence-corrected chi connectivity index (χ2v) is 8.24. The Morgan fingerprint density at radius 2 is 1.96 bits per heavy atom. The zero-order valence-electron chi connectivity index (χ0n) is 14.2. The minimum Gasteiger partial charge on any atom is -0.333 e. The Morgan fingerprint density at radius 1 is 1.23 bits per heavy atom. The lowest BCUT2D eigenvalue weighted by Crippen LogP contribution is -2.42. The largest absolute Gasteiger partial charge is 0.333 e. The summed E-state index contributed by atoms with van der Waals surface area (Å²) in [6, 6.07) is 10.2. The van der Waals surface area contributed by atoms with Gasteiger partial charge in [0, 0.05) is 35.1 Å². The Balaban J connectivity index is 1.67. The number of anilines is 1. The third-order valence-corrected chi connectivity index (χ3v) is 5.38. The maximum Gasteiger partial charge on any atom is 0.240 e. The Bertz CT molecular complexity index is 876. The molecule has 0 bridgehead atoms. The van der Waals surface area contributed by atoms with E-state index in [1.165, 1.54) is 0 Å². The molecule has 26 heavy (non-hydrogen) atoms. The number of nitrogens with one attached hydrogen (secondary N) is 1. The van der Waals surface area contributed by atoms with Gasteiger partial charge in [0.2, 0.25) is 5.91 Å². The molecule has 2 aromatic rings. The monoisotopic (exact) mass is 411 g/mol. The highest BCUT2D eigenvalue weighted by Crippen LogP contribution is 2.27. The molecule has 1 heterocycles. The van der Waals surface area contributed by atoms with E-state index in [9.17, 15) is 9.00 Å². The Labute approximate surface area is 165 Å². The van der Waals surface area contributed by atoms with Crippen molar-refractivity contribution in [1.82, 2.24) is 4.90 Å². The average molecular weight is 412 g/mol. The number of benzene rings is 2. The molecule has 0 fully saturated rings. The normalized spacial score (nSPS) is 15.5. The van der Waals surface area contributed by atoms with Gasteiger partial charge in [0.1, 0.15) is 11.0 Å². The molecule has 2 unspecified atom stereocenters. The summed E-state index contributed by atoms with van der Waals surface area (Å²) in [5.41, 5.74) is 9.81. The van der Waals surface area contributed by atoms with Crippen LogP contribution in [0, 0.1) is 0 Å². The summed E-state index contributed by atoms with van der Waals surface area (Å²) >= 11 is 12.1. The maximum absolute atomic E-state index is 12.7. The van der Waals surface area contributed by atoms with Crippen LogP contribution >= 0.6 is 23.2 Å². The van der Waals surface area contributed by atoms with E-state index >= 15 is 0 Å². The van der Waals surface area contributed by atoms with Crippen molar-refractivity contribution in [3.05, 3.63) is 63.1 Å². The van der Waals surface area contributed by atoms with Crippen LogP contribution in [0.4, 0.5) is 5.69 Å². The maximum atomic E-state index is 12.7. The predicted molar refractivity (Wildman–Crippen MR) is 107 cm³/mol. The molecule has 0 saturated carbocycles. The predicted octanol–water partition coefficient (Wildman–Crippen LogP) is 3.11. The molecule has 1 aliphatic rings. The van der Waals surface area contributed by atoms with Crippen molar-refractivity contribution in [3.63, 3.8) is 0 Å². The molecule has 0 aliphatic carbocycles. The topological polar surface area (TPSA) is 75.4 Å². The van der Waals surface area contributed by atoms with Crippen molar-refractivity contribution in [2.24, 2.45) is 5.73 Å². The lowest BCUT2D eigenvalue weighted by molar-refractivity contribution is -0.133. The fourth-order valence-electron chi connectivity index (χ4n) is 3.03. The van der Waals surface area contributed by atoms with Gasteiger partial charge in [0.05, 0.1) is 6.04 Å². The molecule has 0 radical (unpaired) electrons. The SMILES string of the molecule is CS(=O)Nc1ccc2c(c1)CN(C(=O)C(N)Cc1ccc(Cl)cc1Cl)C2. The van der Waals surface area contributed by atoms with E-state index in [0.29, 0.717) is 29.6 Å². The molecule has 0 spiro atoms. The molecule has 3 N–H and O–H groups in total. The van der Waals surface area contributed by atoms with Crippen LogP contribution in [0.25, 0.3) is 0 Å². The first-order valence-corrected chi connectivity index (χ1v) is 10.3. The van der Waals surface area contributed by atoms with Gasteiger partial charge in [-0.15, -0.1) is 0 Å². The molecular weight excluding hydrogens is 393 g/mol. The third kappa shape index (κ3) is 4.38. The van der Waals surface area contributed by atoms with Gasteiger partial charge >= 0.3 is 0 Å². The van der Waals surface area contributed by atoms with Crippen LogP contribution in [0.15, 0.2) is 36.4 Å². The van der Waals surface area contributed by atoms with Gasteiger partial charge in [0.25, 0.3) is 0 Å². The van der Waals surface area contributed by atoms with Crippen molar-refractivity contribution in [1.29, 1.82) is 0 Å². The summed E-state index contributed by atoms with van der Waals surface area (Å²) < 4.78 is 14.2. The van der Waals surface area contributed by atoms with Gasteiger partial charge in [0.15, 0.2) is 0 Å². The first-order chi connectivity index (χ1) is 12.3. The van der Waals surface area contributed by atoms with Gasteiger partial charge in [-0.1, -0.05) is 35.3 Å². The van der Waals surface area contributed by atoms with E-state index in [1.807, 2.05) is 18.2 Å². The number of hydrogen-bond acceptors (Lipinski definition) is 3. The van der Waals surface area contributed by atoms with E-state index in [4.69, 9.17) is 28.9 Å². The molecule has 1 aliphatic heterocycles. The molecule has 138 valence electrons. The van der Waals surface area contributed by atoms with Crippen LogP contribution in [-0.4, -0.2) is 27.3 Å². The first kappa shape index (κ1) is 19.2. The standard InChI is InChI=1S/C18H19Cl2N3O2S/c1-26(25)22-15-5-3-12-9-23(10-13(12)6-15)18(24)17(21)7-11-2-4-14(19)8-16(11)20/h2-6,8,17,22H,7,9-10,21H2,1H3. The van der Waals surface area contributed by atoms with Crippen LogP contribution < -0.4 is 10.5 Å². The van der Waals surface area contributed by atoms with Crippen LogP contribution in [0.5, 0.6) is 0 Å². The Kier molecular flexibility index (Phi) is 5.87. The molecular formula is C18H19Cl2N3O2S. The molecule has 1 amide bonds. The number of rotatable bonds is 5. The molecule has 0 saturated heterocycles. The van der Waals surface area contributed by atoms with Crippen molar-refractivity contribution in [3.8, 4) is 0 Å². The van der Waals surface area contributed by atoms with Crippen LogP contribution in [0.1, 0.15) is 16.7 Å². The van der Waals surface area contributed by atoms with Crippen molar-refractivity contribution < 1.29 is 9.00 Å². The van der Waals surface area contributed by atoms with Gasteiger partial charge in [-0.2, -0.15) is 0 Å². The highest BCUT2D eigenvalue weighted by molar-refractivity contribution is 7.85. The fraction of sp³-hybridized carbons (Fsp3) is 0.278. The summed E-state index contributed by atoms with van der Waals surface area (Å²) in [5.74, 6) is -0.124. The zero-order chi connectivity index (χ0) is 18.8. The van der Waals surface area contributed by atoms with E-state index in [0.717, 1.165) is 22.4 Å². The zero-order valence-corrected chi connectivity index (χ0v) is 16.5. The van der Waals surface area contributed by atoms with E-state index in [1.54, 1.807) is 29.4 Å². The van der Waals surface area contributed by atoms with Crippen molar-refractivity contribution in [2.75, 3.05) is 11.0 Å². The summed E-state index contributed by atoms with van der Waals surface area (Å²) in [5, 5.41) is 1.06. The van der Waals surface area contributed by atoms with Crippen LogP contribution in [0.3, 0.4) is 0 Å². The summed E-state index contributed by atoms with van der Waals surface area (Å²) in [6.45, 7) is 1.01. The van der Waals surface area contributed by atoms with E-state index in [-0.39, 0.29) is 5.91 Å². The van der Waals surface area contributed by atoms with Crippen LogP contribution in [-0.2, 0) is 35.3 Å². The average Bonchev–Trinajstić information content (AvgIpc) is 2.99.